The molecular formula is C6H11N2O+. The summed E-state index contributed by atoms with van der Waals surface area (Å²) < 4.78 is 6.60. The molecule has 0 saturated heterocycles. The van der Waals surface area contributed by atoms with Crippen LogP contribution in [0.2, 0.25) is 0 Å². The average Bonchev–Trinajstić information content (AvgIpc) is 2.13. The van der Waals surface area contributed by atoms with Crippen molar-refractivity contribution >= 4 is 0 Å². The van der Waals surface area contributed by atoms with Gasteiger partial charge >= 0.3 is 12.2 Å². The van der Waals surface area contributed by atoms with E-state index in [0.717, 1.165) is 5.82 Å². The van der Waals surface area contributed by atoms with E-state index in [1.54, 1.807) is 6.39 Å². The van der Waals surface area contributed by atoms with E-state index in [1.807, 2.05) is 11.6 Å². The Morgan fingerprint density at radius 3 is 2.56 bits per heavy atom. The van der Waals surface area contributed by atoms with Crippen molar-refractivity contribution in [1.82, 2.24) is 5.16 Å². The Hall–Kier alpha value is -0.860. The predicted octanol–water partition coefficient (Wildman–Crippen LogP) is 0.623. The van der Waals surface area contributed by atoms with Crippen LogP contribution >= 0.6 is 0 Å². The van der Waals surface area contributed by atoms with Gasteiger partial charge in [-0.05, 0) is 0 Å². The van der Waals surface area contributed by atoms with Crippen molar-refractivity contribution in [3.63, 3.8) is 0 Å². The van der Waals surface area contributed by atoms with Crippen LogP contribution in [0.15, 0.2) is 10.9 Å². The summed E-state index contributed by atoms with van der Waals surface area (Å²) in [5.41, 5.74) is 0. The van der Waals surface area contributed by atoms with Gasteiger partial charge in [0, 0.05) is 0 Å². The highest BCUT2D eigenvalue weighted by Gasteiger charge is 2.16. The van der Waals surface area contributed by atoms with Crippen molar-refractivity contribution in [2.75, 3.05) is 0 Å². The monoisotopic (exact) mass is 127 g/mol. The Bertz CT molecular complexity index is 193. The van der Waals surface area contributed by atoms with Crippen LogP contribution in [0.3, 0.4) is 0 Å². The van der Waals surface area contributed by atoms with Crippen LogP contribution in [0.4, 0.5) is 0 Å². The Morgan fingerprint density at radius 1 is 1.67 bits per heavy atom. The van der Waals surface area contributed by atoms with Gasteiger partial charge in [-0.15, -0.1) is 0 Å². The summed E-state index contributed by atoms with van der Waals surface area (Å²) in [6.45, 7) is 4.16. The van der Waals surface area contributed by atoms with Crippen LogP contribution in [0.5, 0.6) is 0 Å². The molecule has 0 aliphatic rings. The molecule has 0 fully saturated rings. The van der Waals surface area contributed by atoms with Crippen molar-refractivity contribution in [2.24, 2.45) is 7.05 Å². The van der Waals surface area contributed by atoms with Gasteiger partial charge in [0.2, 0.25) is 0 Å². The van der Waals surface area contributed by atoms with E-state index >= 15 is 0 Å². The lowest BCUT2D eigenvalue weighted by Gasteiger charge is -1.89. The van der Waals surface area contributed by atoms with E-state index in [2.05, 4.69) is 19.0 Å². The molecule has 0 saturated carbocycles. The van der Waals surface area contributed by atoms with Gasteiger partial charge in [-0.2, -0.15) is 4.57 Å². The van der Waals surface area contributed by atoms with Gasteiger partial charge in [0.05, 0.1) is 13.0 Å². The van der Waals surface area contributed by atoms with Crippen LogP contribution in [0.25, 0.3) is 0 Å². The van der Waals surface area contributed by atoms with E-state index < -0.39 is 0 Å². The number of aryl methyl sites for hydroxylation is 1. The lowest BCUT2D eigenvalue weighted by molar-refractivity contribution is -0.683. The fraction of sp³-hybridized carbons (Fsp3) is 0.667. The smallest absolute Gasteiger partial charge is 0.222 e. The molecule has 3 heteroatoms. The van der Waals surface area contributed by atoms with Crippen LogP contribution < -0.4 is 4.57 Å². The van der Waals surface area contributed by atoms with Gasteiger partial charge in [0.25, 0.3) is 0 Å². The lowest BCUT2D eigenvalue weighted by atomic mass is 10.2. The molecule has 1 rings (SSSR count). The molecule has 0 radical (unpaired) electrons. The standard InChI is InChI=1S/C6H11N2O/c1-5(2)6-7-9-4-8(6)3/h4-5H,1-3H3/q+1. The van der Waals surface area contributed by atoms with Crippen molar-refractivity contribution in [3.8, 4) is 0 Å². The third kappa shape index (κ3) is 1.09. The molecule has 0 aliphatic carbocycles. The first-order valence-corrected chi connectivity index (χ1v) is 3.01. The second kappa shape index (κ2) is 2.17. The molecule has 0 spiro atoms. The first-order valence-electron chi connectivity index (χ1n) is 3.01. The minimum absolute atomic E-state index is 0.439. The highest BCUT2D eigenvalue weighted by molar-refractivity contribution is 4.76. The highest BCUT2D eigenvalue weighted by Crippen LogP contribution is 2.03. The van der Waals surface area contributed by atoms with Gasteiger partial charge in [-0.3, -0.25) is 0 Å². The minimum Gasteiger partial charge on any atom is -0.222 e. The van der Waals surface area contributed by atoms with Crippen molar-refractivity contribution in [2.45, 2.75) is 19.8 Å². The highest BCUT2D eigenvalue weighted by atomic mass is 16.5. The van der Waals surface area contributed by atoms with Crippen LogP contribution in [0, 0.1) is 0 Å². The van der Waals surface area contributed by atoms with Gasteiger partial charge in [-0.1, -0.05) is 13.8 Å². The molecule has 0 atom stereocenters. The molecule has 0 aromatic carbocycles. The van der Waals surface area contributed by atoms with Crippen LogP contribution in [-0.2, 0) is 7.05 Å². The second-order valence-electron chi connectivity index (χ2n) is 2.43. The topological polar surface area (TPSA) is 29.9 Å². The zero-order chi connectivity index (χ0) is 6.85. The summed E-state index contributed by atoms with van der Waals surface area (Å²) in [6, 6.07) is 0. The summed E-state index contributed by atoms with van der Waals surface area (Å²) in [5, 5.41) is 3.80. The molecule has 1 aromatic rings. The molecule has 0 unspecified atom stereocenters. The summed E-state index contributed by atoms with van der Waals surface area (Å²) in [4.78, 5) is 0. The number of hydrogen-bond donors (Lipinski definition) is 0. The SMILES string of the molecule is CC(C)c1noc[n+]1C. The molecule has 0 aliphatic heterocycles. The van der Waals surface area contributed by atoms with E-state index in [4.69, 9.17) is 4.52 Å². The Kier molecular flexibility index (Phi) is 1.51. The van der Waals surface area contributed by atoms with E-state index in [-0.39, 0.29) is 0 Å². The van der Waals surface area contributed by atoms with Crippen molar-refractivity contribution in [1.29, 1.82) is 0 Å². The maximum Gasteiger partial charge on any atom is 0.350 e. The Balaban J connectivity index is 2.94. The van der Waals surface area contributed by atoms with Crippen LogP contribution in [-0.4, -0.2) is 5.16 Å². The molecule has 50 valence electrons. The minimum atomic E-state index is 0.439. The molecule has 9 heavy (non-hydrogen) atoms. The lowest BCUT2D eigenvalue weighted by Crippen LogP contribution is -2.30. The van der Waals surface area contributed by atoms with Gasteiger partial charge in [0.1, 0.15) is 0 Å². The predicted molar refractivity (Wildman–Crippen MR) is 31.8 cm³/mol. The molecule has 3 nitrogen and oxygen atoms in total. The molecular weight excluding hydrogens is 116 g/mol. The number of rotatable bonds is 1. The summed E-state index contributed by atoms with van der Waals surface area (Å²) in [5.74, 6) is 1.42. The van der Waals surface area contributed by atoms with E-state index in [0.29, 0.717) is 5.92 Å². The summed E-state index contributed by atoms with van der Waals surface area (Å²) in [6.07, 6.45) is 1.59. The zero-order valence-electron chi connectivity index (χ0n) is 5.96. The first kappa shape index (κ1) is 6.26. The number of aromatic nitrogens is 2. The summed E-state index contributed by atoms with van der Waals surface area (Å²) in [7, 11) is 1.92. The van der Waals surface area contributed by atoms with E-state index in [1.165, 1.54) is 0 Å². The molecule has 0 amide bonds. The van der Waals surface area contributed by atoms with Gasteiger partial charge < -0.3 is 0 Å². The molecule has 0 N–H and O–H groups in total. The van der Waals surface area contributed by atoms with Gasteiger partial charge in [-0.25, -0.2) is 4.52 Å². The maximum absolute atomic E-state index is 4.72. The molecule has 0 bridgehead atoms. The van der Waals surface area contributed by atoms with Crippen molar-refractivity contribution < 1.29 is 9.09 Å². The van der Waals surface area contributed by atoms with E-state index in [9.17, 15) is 0 Å². The third-order valence-electron chi connectivity index (χ3n) is 1.23. The zero-order valence-corrected chi connectivity index (χ0v) is 5.96. The Morgan fingerprint density at radius 2 is 2.33 bits per heavy atom. The van der Waals surface area contributed by atoms with Gasteiger partial charge in [0.15, 0.2) is 5.16 Å². The van der Waals surface area contributed by atoms with Crippen LogP contribution in [0.1, 0.15) is 25.6 Å². The maximum atomic E-state index is 4.72. The first-order chi connectivity index (χ1) is 4.22. The van der Waals surface area contributed by atoms with Crippen molar-refractivity contribution in [3.05, 3.63) is 12.2 Å². The largest absolute Gasteiger partial charge is 0.350 e. The normalized spacial score (nSPS) is 10.7. The second-order valence-corrected chi connectivity index (χ2v) is 2.43. The quantitative estimate of drug-likeness (QED) is 0.518. The average molecular weight is 127 g/mol. The molecule has 1 heterocycles. The fourth-order valence-electron chi connectivity index (χ4n) is 0.779. The summed E-state index contributed by atoms with van der Waals surface area (Å²) >= 11 is 0. The number of hydrogen-bond acceptors (Lipinski definition) is 2. The third-order valence-corrected chi connectivity index (χ3v) is 1.23. The number of nitrogens with zero attached hydrogens (tertiary/aromatic N) is 2. The Labute approximate surface area is 54.3 Å². The molecule has 1 aromatic heterocycles. The fourth-order valence-corrected chi connectivity index (χ4v) is 0.779.